The second-order valence-electron chi connectivity index (χ2n) is 2.61. The van der Waals surface area contributed by atoms with E-state index >= 15 is 0 Å². The first kappa shape index (κ1) is 13.5. The Kier molecular flexibility index (Phi) is 5.30. The van der Waals surface area contributed by atoms with Gasteiger partial charge in [0, 0.05) is 0 Å². The molecule has 3 N–H and O–H groups in total. The predicted molar refractivity (Wildman–Crippen MR) is 42.8 cm³/mol. The first-order valence-corrected chi connectivity index (χ1v) is 3.13. The lowest BCUT2D eigenvalue weighted by Gasteiger charge is -2.17. The molecular weight excluding hydrogens is 162 g/mol. The quantitative estimate of drug-likeness (QED) is 0.490. The van der Waals surface area contributed by atoms with Gasteiger partial charge in [0.15, 0.2) is 5.41 Å². The van der Waals surface area contributed by atoms with Gasteiger partial charge in [-0.3, -0.25) is 9.59 Å². The van der Waals surface area contributed by atoms with Crippen LogP contribution in [-0.2, 0) is 19.1 Å². The number of rotatable bonds is 2. The molecule has 0 saturated heterocycles. The van der Waals surface area contributed by atoms with E-state index in [2.05, 4.69) is 9.47 Å². The molecule has 0 heterocycles. The lowest BCUT2D eigenvalue weighted by atomic mass is 9.94. The first-order valence-electron chi connectivity index (χ1n) is 3.13. The molecule has 0 aromatic rings. The number of carbonyl (C=O) groups excluding carboxylic acids is 2. The van der Waals surface area contributed by atoms with Crippen molar-refractivity contribution < 1.29 is 19.1 Å². The molecule has 5 nitrogen and oxygen atoms in total. The largest absolute Gasteiger partial charge is 0.468 e. The second-order valence-corrected chi connectivity index (χ2v) is 2.61. The summed E-state index contributed by atoms with van der Waals surface area (Å²) in [6, 6.07) is 0. The SMILES string of the molecule is COC(=O)C(C)(C)C(=O)OC.N. The van der Waals surface area contributed by atoms with Crippen molar-refractivity contribution in [1.82, 2.24) is 6.15 Å². The maximum atomic E-state index is 10.9. The van der Waals surface area contributed by atoms with Crippen molar-refractivity contribution in [3.8, 4) is 0 Å². The highest BCUT2D eigenvalue weighted by Gasteiger charge is 2.38. The van der Waals surface area contributed by atoms with Gasteiger partial charge in [0.1, 0.15) is 0 Å². The van der Waals surface area contributed by atoms with Crippen molar-refractivity contribution in [2.45, 2.75) is 13.8 Å². The molecule has 0 spiro atoms. The Morgan fingerprint density at radius 3 is 1.42 bits per heavy atom. The van der Waals surface area contributed by atoms with E-state index in [1.165, 1.54) is 28.1 Å². The van der Waals surface area contributed by atoms with Gasteiger partial charge in [-0.05, 0) is 13.8 Å². The van der Waals surface area contributed by atoms with Crippen LogP contribution in [0.3, 0.4) is 0 Å². The number of esters is 2. The fourth-order valence-electron chi connectivity index (χ4n) is 0.594. The van der Waals surface area contributed by atoms with Crippen LogP contribution in [0.4, 0.5) is 0 Å². The fourth-order valence-corrected chi connectivity index (χ4v) is 0.594. The Morgan fingerprint density at radius 2 is 1.25 bits per heavy atom. The summed E-state index contributed by atoms with van der Waals surface area (Å²) in [5, 5.41) is 0. The van der Waals surface area contributed by atoms with Crippen LogP contribution in [0.25, 0.3) is 0 Å². The van der Waals surface area contributed by atoms with Crippen LogP contribution >= 0.6 is 0 Å². The van der Waals surface area contributed by atoms with Crippen LogP contribution < -0.4 is 6.15 Å². The van der Waals surface area contributed by atoms with Crippen molar-refractivity contribution in [2.24, 2.45) is 5.41 Å². The van der Waals surface area contributed by atoms with Gasteiger partial charge in [-0.15, -0.1) is 0 Å². The van der Waals surface area contributed by atoms with Crippen LogP contribution in [0.1, 0.15) is 13.8 Å². The lowest BCUT2D eigenvalue weighted by molar-refractivity contribution is -0.166. The Hall–Kier alpha value is -1.10. The van der Waals surface area contributed by atoms with Crippen molar-refractivity contribution >= 4 is 11.9 Å². The number of methoxy groups -OCH3 is 2. The molecule has 0 rings (SSSR count). The molecule has 12 heavy (non-hydrogen) atoms. The third-order valence-electron chi connectivity index (χ3n) is 1.39. The van der Waals surface area contributed by atoms with Crippen molar-refractivity contribution in [3.05, 3.63) is 0 Å². The minimum atomic E-state index is -1.20. The van der Waals surface area contributed by atoms with Crippen LogP contribution in [0, 0.1) is 5.41 Å². The van der Waals surface area contributed by atoms with Crippen molar-refractivity contribution in [3.63, 3.8) is 0 Å². The van der Waals surface area contributed by atoms with Crippen LogP contribution in [-0.4, -0.2) is 26.2 Å². The molecule has 0 amide bonds. The fraction of sp³-hybridized carbons (Fsp3) is 0.714. The van der Waals surface area contributed by atoms with E-state index in [1.54, 1.807) is 0 Å². The van der Waals surface area contributed by atoms with Gasteiger partial charge in [-0.1, -0.05) is 0 Å². The van der Waals surface area contributed by atoms with E-state index in [9.17, 15) is 9.59 Å². The van der Waals surface area contributed by atoms with Crippen LogP contribution in [0.15, 0.2) is 0 Å². The van der Waals surface area contributed by atoms with Crippen molar-refractivity contribution in [2.75, 3.05) is 14.2 Å². The van der Waals surface area contributed by atoms with E-state index < -0.39 is 17.4 Å². The number of carbonyl (C=O) groups is 2. The molecule has 0 saturated carbocycles. The molecule has 0 fully saturated rings. The van der Waals surface area contributed by atoms with Gasteiger partial charge < -0.3 is 15.6 Å². The monoisotopic (exact) mass is 177 g/mol. The summed E-state index contributed by atoms with van der Waals surface area (Å²) >= 11 is 0. The van der Waals surface area contributed by atoms with Gasteiger partial charge >= 0.3 is 11.9 Å². The molecule has 0 aromatic heterocycles. The summed E-state index contributed by atoms with van der Waals surface area (Å²) in [4.78, 5) is 21.8. The first-order chi connectivity index (χ1) is 4.96. The Labute approximate surface area is 71.6 Å². The van der Waals surface area contributed by atoms with Crippen LogP contribution in [0.2, 0.25) is 0 Å². The van der Waals surface area contributed by atoms with Gasteiger partial charge in [0.05, 0.1) is 14.2 Å². The normalized spacial score (nSPS) is 9.67. The summed E-state index contributed by atoms with van der Waals surface area (Å²) in [5.41, 5.74) is -1.20. The summed E-state index contributed by atoms with van der Waals surface area (Å²) in [5.74, 6) is -1.19. The van der Waals surface area contributed by atoms with E-state index in [1.807, 2.05) is 0 Å². The topological polar surface area (TPSA) is 87.6 Å². The highest BCUT2D eigenvalue weighted by atomic mass is 16.5. The molecule has 0 aliphatic heterocycles. The number of hydrogen-bond donors (Lipinski definition) is 1. The van der Waals surface area contributed by atoms with Crippen LogP contribution in [0.5, 0.6) is 0 Å². The Bertz CT molecular complexity index is 158. The average Bonchev–Trinajstić information content (AvgIpc) is 2.01. The molecule has 0 aromatic carbocycles. The minimum Gasteiger partial charge on any atom is -0.468 e. The summed E-state index contributed by atoms with van der Waals surface area (Å²) < 4.78 is 8.80. The molecule has 72 valence electrons. The highest BCUT2D eigenvalue weighted by molar-refractivity contribution is 5.98. The molecule has 0 unspecified atom stereocenters. The second kappa shape index (κ2) is 4.71. The third-order valence-corrected chi connectivity index (χ3v) is 1.39. The molecular formula is C7H15NO4. The lowest BCUT2D eigenvalue weighted by Crippen LogP contribution is -2.35. The Morgan fingerprint density at radius 1 is 1.00 bits per heavy atom. The smallest absolute Gasteiger partial charge is 0.322 e. The average molecular weight is 177 g/mol. The standard InChI is InChI=1S/C7H12O4.H3N/c1-7(2,5(8)10-3)6(9)11-4;/h1-4H3;1H3. The van der Waals surface area contributed by atoms with Gasteiger partial charge in [0.2, 0.25) is 0 Å². The zero-order valence-corrected chi connectivity index (χ0v) is 7.84. The maximum Gasteiger partial charge on any atom is 0.322 e. The van der Waals surface area contributed by atoms with Gasteiger partial charge in [0.25, 0.3) is 0 Å². The highest BCUT2D eigenvalue weighted by Crippen LogP contribution is 2.18. The van der Waals surface area contributed by atoms with Gasteiger partial charge in [-0.2, -0.15) is 0 Å². The molecule has 0 atom stereocenters. The summed E-state index contributed by atoms with van der Waals surface area (Å²) in [7, 11) is 2.46. The third kappa shape index (κ3) is 2.50. The van der Waals surface area contributed by atoms with E-state index in [-0.39, 0.29) is 6.15 Å². The van der Waals surface area contributed by atoms with E-state index in [0.717, 1.165) is 0 Å². The number of hydrogen-bond acceptors (Lipinski definition) is 5. The summed E-state index contributed by atoms with van der Waals surface area (Å²) in [6.07, 6.45) is 0. The van der Waals surface area contributed by atoms with E-state index in [4.69, 9.17) is 0 Å². The molecule has 0 aliphatic rings. The molecule has 0 radical (unpaired) electrons. The zero-order chi connectivity index (χ0) is 9.07. The van der Waals surface area contributed by atoms with E-state index in [0.29, 0.717) is 0 Å². The Balaban J connectivity index is 0. The summed E-state index contributed by atoms with van der Waals surface area (Å²) in [6.45, 7) is 2.90. The molecule has 0 bridgehead atoms. The van der Waals surface area contributed by atoms with Crippen molar-refractivity contribution in [1.29, 1.82) is 0 Å². The number of ether oxygens (including phenoxy) is 2. The van der Waals surface area contributed by atoms with Gasteiger partial charge in [-0.25, -0.2) is 0 Å². The zero-order valence-electron chi connectivity index (χ0n) is 7.84. The minimum absolute atomic E-state index is 0. The molecule has 0 aliphatic carbocycles. The molecule has 5 heteroatoms. The maximum absolute atomic E-state index is 10.9. The predicted octanol–water partition coefficient (Wildman–Crippen LogP) is 0.521.